The third-order valence-electron chi connectivity index (χ3n) is 4.29. The van der Waals surface area contributed by atoms with Crippen LogP contribution in [0, 0.1) is 6.92 Å². The van der Waals surface area contributed by atoms with Gasteiger partial charge in [-0.2, -0.15) is 0 Å². The van der Waals surface area contributed by atoms with Crippen LogP contribution in [0.3, 0.4) is 0 Å². The number of para-hydroxylation sites is 1. The minimum Gasteiger partial charge on any atom is -0.307 e. The van der Waals surface area contributed by atoms with Crippen LogP contribution in [-0.4, -0.2) is 17.6 Å². The first-order valence-electron chi connectivity index (χ1n) is 7.85. The molecule has 0 atom stereocenters. The maximum atomic E-state index is 12.6. The summed E-state index contributed by atoms with van der Waals surface area (Å²) in [5, 5.41) is 4.60. The number of nitrogens with one attached hydrogen (secondary N) is 1. The van der Waals surface area contributed by atoms with Crippen molar-refractivity contribution in [3.05, 3.63) is 64.7 Å². The average Bonchev–Trinajstić information content (AvgIpc) is 2.96. The number of aryl methyl sites for hydroxylation is 1. The van der Waals surface area contributed by atoms with Gasteiger partial charge in [0.15, 0.2) is 0 Å². The van der Waals surface area contributed by atoms with Gasteiger partial charge in [0.25, 0.3) is 0 Å². The molecule has 1 aliphatic rings. The van der Waals surface area contributed by atoms with E-state index < -0.39 is 0 Å². The standard InChI is InChI=1S/C19H16ClN3O/c1-12-4-2-5-13-10-14-8-9-23(18(14)22-17(12)13)19(24)21-16-7-3-6-15(20)11-16/h2-7,10-11H,8-9H2,1H3,(H,21,24). The monoisotopic (exact) mass is 337 g/mol. The number of hydrogen-bond donors (Lipinski definition) is 1. The largest absolute Gasteiger partial charge is 0.327 e. The van der Waals surface area contributed by atoms with Crippen LogP contribution >= 0.6 is 11.6 Å². The van der Waals surface area contributed by atoms with Gasteiger partial charge in [0, 0.05) is 22.6 Å². The molecule has 0 saturated heterocycles. The average molecular weight is 338 g/mol. The van der Waals surface area contributed by atoms with Gasteiger partial charge in [0.05, 0.1) is 5.52 Å². The molecule has 2 aromatic carbocycles. The van der Waals surface area contributed by atoms with Crippen molar-refractivity contribution in [1.82, 2.24) is 4.98 Å². The summed E-state index contributed by atoms with van der Waals surface area (Å²) in [6.45, 7) is 2.66. The maximum Gasteiger partial charge on any atom is 0.327 e. The predicted molar refractivity (Wildman–Crippen MR) is 98.0 cm³/mol. The lowest BCUT2D eigenvalue weighted by Crippen LogP contribution is -2.33. The number of fused-ring (bicyclic) bond motifs is 2. The first-order valence-corrected chi connectivity index (χ1v) is 8.23. The second-order valence-corrected chi connectivity index (χ2v) is 6.40. The highest BCUT2D eigenvalue weighted by atomic mass is 35.5. The fourth-order valence-electron chi connectivity index (χ4n) is 3.09. The number of urea groups is 1. The molecular formula is C19H16ClN3O. The molecule has 0 spiro atoms. The van der Waals surface area contributed by atoms with E-state index in [0.29, 0.717) is 17.3 Å². The van der Waals surface area contributed by atoms with Gasteiger partial charge in [-0.1, -0.05) is 35.9 Å². The van der Waals surface area contributed by atoms with Crippen LogP contribution in [0.15, 0.2) is 48.5 Å². The molecule has 2 amide bonds. The van der Waals surface area contributed by atoms with Crippen LogP contribution < -0.4 is 10.2 Å². The van der Waals surface area contributed by atoms with Gasteiger partial charge in [0.1, 0.15) is 5.82 Å². The molecule has 0 fully saturated rings. The molecule has 0 unspecified atom stereocenters. The third-order valence-corrected chi connectivity index (χ3v) is 4.52. The number of benzene rings is 2. The quantitative estimate of drug-likeness (QED) is 0.693. The van der Waals surface area contributed by atoms with Crippen molar-refractivity contribution in [2.45, 2.75) is 13.3 Å². The lowest BCUT2D eigenvalue weighted by atomic mass is 10.1. The van der Waals surface area contributed by atoms with Crippen molar-refractivity contribution in [2.24, 2.45) is 0 Å². The zero-order valence-corrected chi connectivity index (χ0v) is 14.0. The van der Waals surface area contributed by atoms with Gasteiger partial charge in [-0.25, -0.2) is 9.78 Å². The number of pyridine rings is 1. The van der Waals surface area contributed by atoms with Gasteiger partial charge < -0.3 is 5.32 Å². The Kier molecular flexibility index (Phi) is 3.62. The number of carbonyl (C=O) groups is 1. The molecule has 1 aromatic heterocycles. The minimum atomic E-state index is -0.184. The van der Waals surface area contributed by atoms with Crippen molar-refractivity contribution >= 4 is 40.0 Å². The van der Waals surface area contributed by atoms with E-state index in [1.54, 1.807) is 17.0 Å². The number of amides is 2. The highest BCUT2D eigenvalue weighted by molar-refractivity contribution is 6.30. The van der Waals surface area contributed by atoms with Crippen LogP contribution in [0.25, 0.3) is 10.9 Å². The molecule has 4 nitrogen and oxygen atoms in total. The molecule has 5 heteroatoms. The lowest BCUT2D eigenvalue weighted by molar-refractivity contribution is 0.257. The topological polar surface area (TPSA) is 45.2 Å². The molecule has 1 aliphatic heterocycles. The van der Waals surface area contributed by atoms with Crippen LogP contribution in [0.1, 0.15) is 11.1 Å². The molecule has 0 aliphatic carbocycles. The fraction of sp³-hybridized carbons (Fsp3) is 0.158. The maximum absolute atomic E-state index is 12.6. The van der Waals surface area contributed by atoms with E-state index >= 15 is 0 Å². The fourth-order valence-corrected chi connectivity index (χ4v) is 3.28. The molecule has 0 bridgehead atoms. The Morgan fingerprint density at radius 1 is 1.21 bits per heavy atom. The van der Waals surface area contributed by atoms with E-state index in [0.717, 1.165) is 34.3 Å². The molecule has 120 valence electrons. The Morgan fingerprint density at radius 3 is 2.88 bits per heavy atom. The Bertz CT molecular complexity index is 954. The Morgan fingerprint density at radius 2 is 2.04 bits per heavy atom. The van der Waals surface area contributed by atoms with E-state index in [1.807, 2.05) is 31.2 Å². The molecule has 4 rings (SSSR count). The summed E-state index contributed by atoms with van der Waals surface area (Å²) in [5.74, 6) is 0.747. The summed E-state index contributed by atoms with van der Waals surface area (Å²) < 4.78 is 0. The molecule has 0 radical (unpaired) electrons. The number of halogens is 1. The predicted octanol–water partition coefficient (Wildman–Crippen LogP) is 4.79. The molecule has 3 aromatic rings. The Labute approximate surface area is 145 Å². The van der Waals surface area contributed by atoms with Gasteiger partial charge >= 0.3 is 6.03 Å². The smallest absolute Gasteiger partial charge is 0.307 e. The molecule has 2 heterocycles. The van der Waals surface area contributed by atoms with Crippen LogP contribution in [0.5, 0.6) is 0 Å². The van der Waals surface area contributed by atoms with E-state index in [2.05, 4.69) is 17.4 Å². The van der Waals surface area contributed by atoms with Crippen molar-refractivity contribution in [2.75, 3.05) is 16.8 Å². The highest BCUT2D eigenvalue weighted by Gasteiger charge is 2.27. The number of rotatable bonds is 1. The summed E-state index contributed by atoms with van der Waals surface area (Å²) in [5.41, 5.74) is 3.84. The van der Waals surface area contributed by atoms with Gasteiger partial charge in [-0.05, 0) is 48.7 Å². The summed E-state index contributed by atoms with van der Waals surface area (Å²) in [7, 11) is 0. The molecular weight excluding hydrogens is 322 g/mol. The zero-order valence-electron chi connectivity index (χ0n) is 13.2. The minimum absolute atomic E-state index is 0.184. The number of hydrogen-bond acceptors (Lipinski definition) is 2. The summed E-state index contributed by atoms with van der Waals surface area (Å²) in [6.07, 6.45) is 0.815. The first kappa shape index (κ1) is 15.0. The lowest BCUT2D eigenvalue weighted by Gasteiger charge is -2.18. The molecule has 1 N–H and O–H groups in total. The van der Waals surface area contributed by atoms with E-state index in [-0.39, 0.29) is 6.03 Å². The van der Waals surface area contributed by atoms with Crippen LogP contribution in [0.4, 0.5) is 16.3 Å². The Balaban J connectivity index is 1.68. The summed E-state index contributed by atoms with van der Waals surface area (Å²) in [4.78, 5) is 19.1. The van der Waals surface area contributed by atoms with Gasteiger partial charge in [0.2, 0.25) is 0 Å². The van der Waals surface area contributed by atoms with Crippen LogP contribution in [0.2, 0.25) is 5.02 Å². The second kappa shape index (κ2) is 5.80. The van der Waals surface area contributed by atoms with E-state index in [9.17, 15) is 4.79 Å². The van der Waals surface area contributed by atoms with Crippen molar-refractivity contribution in [3.8, 4) is 0 Å². The normalized spacial score (nSPS) is 13.2. The first-order chi connectivity index (χ1) is 11.6. The SMILES string of the molecule is Cc1cccc2cc3c(nc12)N(C(=O)Nc1cccc(Cl)c1)CC3. The number of carbonyl (C=O) groups excluding carboxylic acids is 1. The highest BCUT2D eigenvalue weighted by Crippen LogP contribution is 2.31. The second-order valence-electron chi connectivity index (χ2n) is 5.96. The summed E-state index contributed by atoms with van der Waals surface area (Å²) in [6, 6.07) is 15.2. The van der Waals surface area contributed by atoms with Crippen molar-refractivity contribution in [3.63, 3.8) is 0 Å². The van der Waals surface area contributed by atoms with Gasteiger partial charge in [-0.3, -0.25) is 4.90 Å². The third kappa shape index (κ3) is 2.59. The van der Waals surface area contributed by atoms with E-state index in [1.165, 1.54) is 0 Å². The summed E-state index contributed by atoms with van der Waals surface area (Å²) >= 11 is 5.97. The van der Waals surface area contributed by atoms with Gasteiger partial charge in [-0.15, -0.1) is 0 Å². The Hall–Kier alpha value is -2.59. The molecule has 24 heavy (non-hydrogen) atoms. The molecule has 0 saturated carbocycles. The van der Waals surface area contributed by atoms with Crippen molar-refractivity contribution < 1.29 is 4.79 Å². The zero-order chi connectivity index (χ0) is 16.7. The number of nitrogens with zero attached hydrogens (tertiary/aromatic N) is 2. The van der Waals surface area contributed by atoms with Crippen LogP contribution in [-0.2, 0) is 6.42 Å². The number of aromatic nitrogens is 1. The number of anilines is 2. The van der Waals surface area contributed by atoms with E-state index in [4.69, 9.17) is 16.6 Å². The van der Waals surface area contributed by atoms with Crippen molar-refractivity contribution in [1.29, 1.82) is 0 Å².